The number of nitriles is 1. The van der Waals surface area contributed by atoms with Crippen LogP contribution in [0.4, 0.5) is 0 Å². The van der Waals surface area contributed by atoms with Gasteiger partial charge in [-0.1, -0.05) is 0 Å². The van der Waals surface area contributed by atoms with Gasteiger partial charge in [-0.15, -0.1) is 24.0 Å². The molecule has 0 spiro atoms. The SMILES string of the molecule is I.N#CCl. The summed E-state index contributed by atoms with van der Waals surface area (Å²) in [5.74, 6) is 0. The van der Waals surface area contributed by atoms with E-state index in [4.69, 9.17) is 5.26 Å². The van der Waals surface area contributed by atoms with E-state index in [1.54, 1.807) is 0 Å². The summed E-state index contributed by atoms with van der Waals surface area (Å²) in [6.07, 6.45) is 0. The van der Waals surface area contributed by atoms with Gasteiger partial charge in [0.15, 0.2) is 5.53 Å². The molecule has 3 heteroatoms. The van der Waals surface area contributed by atoms with Gasteiger partial charge in [-0.3, -0.25) is 0 Å². The molecule has 0 aromatic rings. The summed E-state index contributed by atoms with van der Waals surface area (Å²) in [6.45, 7) is 0. The van der Waals surface area contributed by atoms with E-state index in [0.29, 0.717) is 0 Å². The first kappa shape index (κ1) is 8.82. The Labute approximate surface area is 46.6 Å². The summed E-state index contributed by atoms with van der Waals surface area (Å²) in [5, 5.41) is 7.08. The Bertz CT molecular complexity index is 29.5. The maximum atomic E-state index is 7.08. The van der Waals surface area contributed by atoms with Gasteiger partial charge >= 0.3 is 0 Å². The third-order valence-corrected chi connectivity index (χ3v) is 0. The van der Waals surface area contributed by atoms with Gasteiger partial charge in [-0.2, -0.15) is 5.26 Å². The van der Waals surface area contributed by atoms with E-state index in [2.05, 4.69) is 11.6 Å². The topological polar surface area (TPSA) is 23.8 Å². The lowest BCUT2D eigenvalue weighted by Crippen LogP contribution is -0.952. The van der Waals surface area contributed by atoms with Crippen molar-refractivity contribution in [1.29, 1.82) is 5.26 Å². The van der Waals surface area contributed by atoms with Crippen molar-refractivity contribution in [3.8, 4) is 5.53 Å². The van der Waals surface area contributed by atoms with E-state index in [1.165, 1.54) is 5.53 Å². The second-order valence-corrected chi connectivity index (χ2v) is 0.254. The van der Waals surface area contributed by atoms with Gasteiger partial charge in [-0.25, -0.2) is 0 Å². The van der Waals surface area contributed by atoms with E-state index in [1.807, 2.05) is 0 Å². The largest absolute Gasteiger partial charge is 0.179 e. The predicted molar refractivity (Wildman–Crippen MR) is 26.9 cm³/mol. The zero-order valence-electron chi connectivity index (χ0n) is 1.73. The molecule has 0 unspecified atom stereocenters. The molecule has 0 atom stereocenters. The first-order valence-corrected chi connectivity index (χ1v) is 0.791. The second kappa shape index (κ2) is 9.70. The van der Waals surface area contributed by atoms with Crippen molar-refractivity contribution in [1.82, 2.24) is 0 Å². The predicted octanol–water partition coefficient (Wildman–Crippen LogP) is 1.32. The number of halogens is 2. The van der Waals surface area contributed by atoms with Crippen molar-refractivity contribution in [2.75, 3.05) is 0 Å². The van der Waals surface area contributed by atoms with Crippen LogP contribution in [0.5, 0.6) is 0 Å². The molecule has 0 saturated carbocycles. The lowest BCUT2D eigenvalue weighted by atomic mass is 11.8. The summed E-state index contributed by atoms with van der Waals surface area (Å²) < 4.78 is 0. The highest BCUT2D eigenvalue weighted by Crippen LogP contribution is 1.49. The molecule has 0 fully saturated rings. The van der Waals surface area contributed by atoms with Crippen LogP contribution in [-0.4, -0.2) is 0 Å². The monoisotopic (exact) mass is 189 g/mol. The zero-order chi connectivity index (χ0) is 2.71. The number of hydrogen-bond acceptors (Lipinski definition) is 1. The molecule has 0 N–H and O–H groups in total. The summed E-state index contributed by atoms with van der Waals surface area (Å²) in [4.78, 5) is 0. The highest BCUT2D eigenvalue weighted by atomic mass is 127. The number of rotatable bonds is 0. The molecule has 4 heavy (non-hydrogen) atoms. The van der Waals surface area contributed by atoms with E-state index in [-0.39, 0.29) is 24.0 Å². The molecule has 0 aliphatic rings. The lowest BCUT2D eigenvalue weighted by Gasteiger charge is -1.10. The molecule has 0 radical (unpaired) electrons. The molecule has 1 nitrogen and oxygen atoms in total. The molecule has 0 bridgehead atoms. The average Bonchev–Trinajstić information content (AvgIpc) is 0.918. The first-order valence-electron chi connectivity index (χ1n) is 0.413. The van der Waals surface area contributed by atoms with E-state index < -0.39 is 0 Å². The van der Waals surface area contributed by atoms with Crippen LogP contribution in [0.3, 0.4) is 0 Å². The van der Waals surface area contributed by atoms with E-state index in [0.717, 1.165) is 0 Å². The Morgan fingerprint density at radius 3 is 1.75 bits per heavy atom. The zero-order valence-corrected chi connectivity index (χ0v) is 4.82. The molecule has 0 saturated heterocycles. The Hall–Kier alpha value is 0.510. The van der Waals surface area contributed by atoms with Gasteiger partial charge in [0.05, 0.1) is 0 Å². The van der Waals surface area contributed by atoms with Crippen LogP contribution in [0.2, 0.25) is 0 Å². The first-order chi connectivity index (χ1) is 1.41. The molecule has 0 amide bonds. The molecule has 0 aliphatic heterocycles. The minimum atomic E-state index is 0. The summed E-state index contributed by atoms with van der Waals surface area (Å²) >= 11 is 4.30. The third kappa shape index (κ3) is 22.0. The van der Waals surface area contributed by atoms with E-state index >= 15 is 0 Å². The molecule has 0 heterocycles. The van der Waals surface area contributed by atoms with Gasteiger partial charge in [0, 0.05) is 11.6 Å². The molecule has 0 aromatic heterocycles. The number of hydrogen-bond donors (Lipinski definition) is 0. The maximum absolute atomic E-state index is 7.08. The Morgan fingerprint density at radius 2 is 1.75 bits per heavy atom. The molecular formula is CHClIN. The van der Waals surface area contributed by atoms with Crippen molar-refractivity contribution >= 4 is 35.6 Å². The van der Waals surface area contributed by atoms with Gasteiger partial charge < -0.3 is 0 Å². The van der Waals surface area contributed by atoms with Gasteiger partial charge in [-0.05, 0) is 0 Å². The Morgan fingerprint density at radius 1 is 1.75 bits per heavy atom. The van der Waals surface area contributed by atoms with Gasteiger partial charge in [0.25, 0.3) is 0 Å². The fourth-order valence-electron chi connectivity index (χ4n) is 0. The second-order valence-electron chi connectivity index (χ2n) is 0.0845. The van der Waals surface area contributed by atoms with Crippen LogP contribution in [-0.2, 0) is 0 Å². The van der Waals surface area contributed by atoms with Crippen molar-refractivity contribution in [2.45, 2.75) is 0 Å². The lowest BCUT2D eigenvalue weighted by molar-refractivity contribution is 1.57. The standard InChI is InChI=1S/CClN.HI/c2-1-3;/h;1H. The Balaban J connectivity index is 0. The normalized spacial score (nSPS) is 2.00. The number of nitrogens with zero attached hydrogens (tertiary/aromatic N) is 1. The van der Waals surface area contributed by atoms with Crippen molar-refractivity contribution in [3.63, 3.8) is 0 Å². The minimum absolute atomic E-state index is 0. The highest BCUT2D eigenvalue weighted by molar-refractivity contribution is 14.0. The molecule has 0 rings (SSSR count). The molecule has 0 aromatic carbocycles. The van der Waals surface area contributed by atoms with Crippen LogP contribution in [0.25, 0.3) is 0 Å². The van der Waals surface area contributed by atoms with E-state index in [9.17, 15) is 0 Å². The van der Waals surface area contributed by atoms with Gasteiger partial charge in [0.1, 0.15) is 0 Å². The van der Waals surface area contributed by atoms with Crippen molar-refractivity contribution in [3.05, 3.63) is 0 Å². The van der Waals surface area contributed by atoms with Crippen molar-refractivity contribution in [2.24, 2.45) is 0 Å². The summed E-state index contributed by atoms with van der Waals surface area (Å²) in [6, 6.07) is 0. The molecular weight excluding hydrogens is 188 g/mol. The molecule has 0 aliphatic carbocycles. The molecule has 24 valence electrons. The summed E-state index contributed by atoms with van der Waals surface area (Å²) in [7, 11) is 0. The minimum Gasteiger partial charge on any atom is -0.179 e. The van der Waals surface area contributed by atoms with Crippen LogP contribution in [0.15, 0.2) is 0 Å². The highest BCUT2D eigenvalue weighted by Gasteiger charge is 1.23. The van der Waals surface area contributed by atoms with Crippen molar-refractivity contribution < 1.29 is 0 Å². The summed E-state index contributed by atoms with van der Waals surface area (Å²) in [5.41, 5.74) is 1.22. The third-order valence-electron chi connectivity index (χ3n) is 0. The maximum Gasteiger partial charge on any atom is 0.173 e. The quantitative estimate of drug-likeness (QED) is 0.527. The van der Waals surface area contributed by atoms with Crippen LogP contribution in [0, 0.1) is 10.8 Å². The smallest absolute Gasteiger partial charge is 0.173 e. The van der Waals surface area contributed by atoms with Crippen LogP contribution in [0.1, 0.15) is 0 Å². The fourth-order valence-corrected chi connectivity index (χ4v) is 0. The average molecular weight is 189 g/mol. The van der Waals surface area contributed by atoms with Gasteiger partial charge in [0.2, 0.25) is 0 Å². The van der Waals surface area contributed by atoms with Crippen LogP contribution < -0.4 is 0 Å². The van der Waals surface area contributed by atoms with Crippen LogP contribution >= 0.6 is 35.6 Å². The fraction of sp³-hybridized carbons (Fsp3) is 0. The Kier molecular flexibility index (Phi) is 21.4.